The molecule has 4 aromatic rings. The van der Waals surface area contributed by atoms with Crippen molar-refractivity contribution in [3.05, 3.63) is 59.2 Å². The number of pyridine rings is 1. The average molecular weight is 465 g/mol. The summed E-state index contributed by atoms with van der Waals surface area (Å²) >= 11 is 1.40. The number of nitrogens with zero attached hydrogens (tertiary/aromatic N) is 3. The van der Waals surface area contributed by atoms with Crippen molar-refractivity contribution in [3.63, 3.8) is 0 Å². The molecule has 0 saturated heterocycles. The molecule has 0 aliphatic carbocycles. The van der Waals surface area contributed by atoms with Gasteiger partial charge in [0.25, 0.3) is 0 Å². The van der Waals surface area contributed by atoms with E-state index in [9.17, 15) is 4.79 Å². The number of hydrogen-bond acceptors (Lipinski definition) is 6. The van der Waals surface area contributed by atoms with Gasteiger partial charge in [-0.3, -0.25) is 9.20 Å². The number of benzene rings is 2. The van der Waals surface area contributed by atoms with Crippen molar-refractivity contribution in [1.82, 2.24) is 19.9 Å². The van der Waals surface area contributed by atoms with Crippen LogP contribution in [-0.4, -0.2) is 47.0 Å². The van der Waals surface area contributed by atoms with Gasteiger partial charge in [-0.25, -0.2) is 0 Å². The number of fused-ring (bicyclic) bond motifs is 3. The number of carbonyl (C=O) groups excluding carboxylic acids is 1. The van der Waals surface area contributed by atoms with Crippen LogP contribution >= 0.6 is 11.8 Å². The van der Waals surface area contributed by atoms with Crippen LogP contribution in [0.1, 0.15) is 23.6 Å². The van der Waals surface area contributed by atoms with E-state index < -0.39 is 0 Å². The minimum Gasteiger partial charge on any atom is -0.493 e. The Labute approximate surface area is 197 Å². The number of thioether (sulfide) groups is 1. The summed E-state index contributed by atoms with van der Waals surface area (Å²) in [4.78, 5) is 12.5. The van der Waals surface area contributed by atoms with E-state index in [0.717, 1.165) is 39.3 Å². The minimum atomic E-state index is -0.0394. The zero-order chi connectivity index (χ0) is 23.4. The van der Waals surface area contributed by atoms with Gasteiger partial charge in [0, 0.05) is 6.54 Å². The first kappa shape index (κ1) is 22.9. The van der Waals surface area contributed by atoms with Crippen molar-refractivity contribution in [1.29, 1.82) is 0 Å². The molecule has 0 radical (unpaired) electrons. The largest absolute Gasteiger partial charge is 0.493 e. The molecule has 4 rings (SSSR count). The molecule has 1 N–H and O–H groups in total. The van der Waals surface area contributed by atoms with Crippen molar-refractivity contribution in [2.24, 2.45) is 0 Å². The summed E-state index contributed by atoms with van der Waals surface area (Å²) < 4.78 is 12.7. The maximum atomic E-state index is 12.5. The van der Waals surface area contributed by atoms with Crippen LogP contribution in [0.3, 0.4) is 0 Å². The second kappa shape index (κ2) is 10.1. The van der Waals surface area contributed by atoms with E-state index >= 15 is 0 Å². The molecule has 0 bridgehead atoms. The second-order valence-electron chi connectivity index (χ2n) is 7.79. The number of hydrogen-bond donors (Lipinski definition) is 1. The number of methoxy groups -OCH3 is 2. The SMILES string of the molecule is CCc1ccc2c(c1)cc(C)c1nnc(SCC(=O)NCCc3ccc(OC)c(OC)c3)n12. The normalized spacial score (nSPS) is 11.2. The van der Waals surface area contributed by atoms with E-state index in [1.165, 1.54) is 17.3 Å². The van der Waals surface area contributed by atoms with Gasteiger partial charge in [0.05, 0.1) is 25.5 Å². The lowest BCUT2D eigenvalue weighted by Crippen LogP contribution is -2.27. The Balaban J connectivity index is 1.41. The zero-order valence-corrected chi connectivity index (χ0v) is 20.2. The third-order valence-electron chi connectivity index (χ3n) is 5.62. The molecule has 1 amide bonds. The predicted octanol–water partition coefficient (Wildman–Crippen LogP) is 4.22. The van der Waals surface area contributed by atoms with Crippen LogP contribution in [0.15, 0.2) is 47.6 Å². The number of rotatable bonds is 9. The van der Waals surface area contributed by atoms with Crippen LogP contribution in [0.5, 0.6) is 11.5 Å². The van der Waals surface area contributed by atoms with Crippen molar-refractivity contribution in [3.8, 4) is 11.5 Å². The molecule has 33 heavy (non-hydrogen) atoms. The molecule has 0 spiro atoms. The van der Waals surface area contributed by atoms with E-state index in [2.05, 4.69) is 46.7 Å². The molecular formula is C25H28N4O3S. The number of aromatic nitrogens is 3. The fourth-order valence-electron chi connectivity index (χ4n) is 3.84. The van der Waals surface area contributed by atoms with Crippen LogP contribution in [-0.2, 0) is 17.6 Å². The van der Waals surface area contributed by atoms with E-state index in [0.29, 0.717) is 24.5 Å². The van der Waals surface area contributed by atoms with E-state index in [-0.39, 0.29) is 11.7 Å². The van der Waals surface area contributed by atoms with Crippen LogP contribution in [0.4, 0.5) is 0 Å². The standard InChI is InChI=1S/C25H28N4O3S/c1-5-17-6-8-20-19(13-17)12-16(2)24-27-28-25(29(20)24)33-15-23(30)26-11-10-18-7-9-21(31-3)22(14-18)32-4/h6-9,12-14H,5,10-11,15H2,1-4H3,(H,26,30). The summed E-state index contributed by atoms with van der Waals surface area (Å²) in [7, 11) is 3.23. The number of carbonyl (C=O) groups is 1. The van der Waals surface area contributed by atoms with E-state index in [4.69, 9.17) is 9.47 Å². The maximum absolute atomic E-state index is 12.5. The molecule has 0 atom stereocenters. The third-order valence-corrected chi connectivity index (χ3v) is 6.54. The van der Waals surface area contributed by atoms with Crippen molar-refractivity contribution in [2.75, 3.05) is 26.5 Å². The molecular weight excluding hydrogens is 436 g/mol. The lowest BCUT2D eigenvalue weighted by atomic mass is 10.1. The fraction of sp³-hybridized carbons (Fsp3) is 0.320. The first-order valence-corrected chi connectivity index (χ1v) is 11.9. The number of aryl methyl sites for hydroxylation is 2. The zero-order valence-electron chi connectivity index (χ0n) is 19.3. The van der Waals surface area contributed by atoms with Gasteiger partial charge in [0.2, 0.25) is 5.91 Å². The van der Waals surface area contributed by atoms with Crippen LogP contribution in [0.2, 0.25) is 0 Å². The summed E-state index contributed by atoms with van der Waals surface area (Å²) in [5.41, 5.74) is 5.29. The van der Waals surface area contributed by atoms with Gasteiger partial charge in [-0.05, 0) is 72.2 Å². The van der Waals surface area contributed by atoms with Gasteiger partial charge in [0.15, 0.2) is 22.3 Å². The molecule has 2 heterocycles. The monoisotopic (exact) mass is 464 g/mol. The Hall–Kier alpha value is -3.26. The summed E-state index contributed by atoms with van der Waals surface area (Å²) in [6, 6.07) is 14.4. The molecule has 172 valence electrons. The van der Waals surface area contributed by atoms with Gasteiger partial charge >= 0.3 is 0 Å². The topological polar surface area (TPSA) is 77.8 Å². The third kappa shape index (κ3) is 4.90. The predicted molar refractivity (Wildman–Crippen MR) is 132 cm³/mol. The Morgan fingerprint density at radius 1 is 1.03 bits per heavy atom. The Morgan fingerprint density at radius 3 is 2.58 bits per heavy atom. The minimum absolute atomic E-state index is 0.0394. The van der Waals surface area contributed by atoms with Gasteiger partial charge in [-0.2, -0.15) is 0 Å². The number of ether oxygens (including phenoxy) is 2. The molecule has 0 unspecified atom stereocenters. The van der Waals surface area contributed by atoms with Crippen molar-refractivity contribution >= 4 is 34.2 Å². The molecule has 8 heteroatoms. The quantitative estimate of drug-likeness (QED) is 0.374. The second-order valence-corrected chi connectivity index (χ2v) is 8.74. The van der Waals surface area contributed by atoms with Gasteiger partial charge in [-0.15, -0.1) is 10.2 Å². The molecule has 2 aromatic heterocycles. The molecule has 0 fully saturated rings. The highest BCUT2D eigenvalue weighted by atomic mass is 32.2. The fourth-order valence-corrected chi connectivity index (χ4v) is 4.62. The highest BCUT2D eigenvalue weighted by molar-refractivity contribution is 7.99. The van der Waals surface area contributed by atoms with E-state index in [1.807, 2.05) is 29.5 Å². The van der Waals surface area contributed by atoms with Crippen LogP contribution in [0, 0.1) is 6.92 Å². The Bertz CT molecular complexity index is 1300. The van der Waals surface area contributed by atoms with Crippen LogP contribution in [0.25, 0.3) is 16.6 Å². The van der Waals surface area contributed by atoms with Crippen molar-refractivity contribution < 1.29 is 14.3 Å². The lowest BCUT2D eigenvalue weighted by Gasteiger charge is -2.10. The summed E-state index contributed by atoms with van der Waals surface area (Å²) in [6.45, 7) is 4.73. The average Bonchev–Trinajstić information content (AvgIpc) is 3.27. The van der Waals surface area contributed by atoms with Crippen LogP contribution < -0.4 is 14.8 Å². The molecule has 0 aliphatic rings. The molecule has 2 aromatic carbocycles. The first-order chi connectivity index (χ1) is 16.0. The maximum Gasteiger partial charge on any atom is 0.230 e. The number of amides is 1. The van der Waals surface area contributed by atoms with Gasteiger partial charge in [0.1, 0.15) is 0 Å². The van der Waals surface area contributed by atoms with Crippen molar-refractivity contribution in [2.45, 2.75) is 31.8 Å². The molecule has 0 saturated carbocycles. The lowest BCUT2D eigenvalue weighted by molar-refractivity contribution is -0.118. The van der Waals surface area contributed by atoms with Gasteiger partial charge < -0.3 is 14.8 Å². The highest BCUT2D eigenvalue weighted by Gasteiger charge is 2.14. The van der Waals surface area contributed by atoms with Gasteiger partial charge in [-0.1, -0.05) is 30.8 Å². The number of nitrogens with one attached hydrogen (secondary N) is 1. The Kier molecular flexibility index (Phi) is 7.03. The summed E-state index contributed by atoms with van der Waals surface area (Å²) in [5.74, 6) is 1.61. The summed E-state index contributed by atoms with van der Waals surface area (Å²) in [5, 5.41) is 13.6. The summed E-state index contributed by atoms with van der Waals surface area (Å²) in [6.07, 6.45) is 1.69. The first-order valence-electron chi connectivity index (χ1n) is 10.9. The highest BCUT2D eigenvalue weighted by Crippen LogP contribution is 2.28. The Morgan fingerprint density at radius 2 is 1.82 bits per heavy atom. The molecule has 7 nitrogen and oxygen atoms in total. The smallest absolute Gasteiger partial charge is 0.230 e. The van der Waals surface area contributed by atoms with E-state index in [1.54, 1.807) is 14.2 Å². The molecule has 0 aliphatic heterocycles.